The van der Waals surface area contributed by atoms with Crippen molar-refractivity contribution in [1.29, 1.82) is 0 Å². The van der Waals surface area contributed by atoms with E-state index in [4.69, 9.17) is 0 Å². The molecule has 1 saturated heterocycles. The zero-order chi connectivity index (χ0) is 4.62. The highest BCUT2D eigenvalue weighted by molar-refractivity contribution is 9.26. The predicted octanol–water partition coefficient (Wildman–Crippen LogP) is 2.36. The molecule has 0 spiro atoms. The van der Waals surface area contributed by atoms with Crippen LogP contribution in [0.1, 0.15) is 6.42 Å². The van der Waals surface area contributed by atoms with Crippen LogP contribution in [0.25, 0.3) is 0 Å². The summed E-state index contributed by atoms with van der Waals surface area (Å²) in [6.07, 6.45) is 1.48. The molecule has 0 aromatic heterocycles. The van der Waals surface area contributed by atoms with Gasteiger partial charge in [-0.1, -0.05) is 13.0 Å². The van der Waals surface area contributed by atoms with Crippen molar-refractivity contribution in [1.82, 2.24) is 0 Å². The quantitative estimate of drug-likeness (QED) is 0.381. The lowest BCUT2D eigenvalue weighted by Crippen LogP contribution is -2.29. The largest absolute Gasteiger partial charge is 0.127 e. The fourth-order valence-electron chi connectivity index (χ4n) is 0.664. The Balaban J connectivity index is 2.31. The standard InChI is InChI=1S/C4H9BrSi/c1-6(5)3-2-4-6/h2-4H2,1H3. The fourth-order valence-corrected chi connectivity index (χ4v) is 3.67. The first-order valence-electron chi connectivity index (χ1n) is 2.40. The van der Waals surface area contributed by atoms with Gasteiger partial charge in [0.15, 0.2) is 0 Å². The molecule has 1 rings (SSSR count). The molecule has 0 aromatic rings. The van der Waals surface area contributed by atoms with Crippen LogP contribution in [-0.4, -0.2) is 6.69 Å². The number of hydrogen-bond donors (Lipinski definition) is 0. The van der Waals surface area contributed by atoms with E-state index in [0.717, 1.165) is 0 Å². The minimum atomic E-state index is -0.638. The van der Waals surface area contributed by atoms with E-state index in [0.29, 0.717) is 0 Å². The first kappa shape index (κ1) is 4.85. The van der Waals surface area contributed by atoms with E-state index in [1.807, 2.05) is 0 Å². The summed E-state index contributed by atoms with van der Waals surface area (Å²) in [7, 11) is 0. The molecule has 2 heteroatoms. The van der Waals surface area contributed by atoms with Crippen molar-refractivity contribution in [3.05, 3.63) is 0 Å². The van der Waals surface area contributed by atoms with Crippen LogP contribution in [0.15, 0.2) is 0 Å². The zero-order valence-corrected chi connectivity index (χ0v) is 6.59. The van der Waals surface area contributed by atoms with Gasteiger partial charge < -0.3 is 0 Å². The van der Waals surface area contributed by atoms with E-state index in [9.17, 15) is 0 Å². The Morgan fingerprint density at radius 1 is 1.50 bits per heavy atom. The SMILES string of the molecule is C[Si]1(Br)CCC1. The second kappa shape index (κ2) is 1.34. The fraction of sp³-hybridized carbons (Fsp3) is 1.00. The molecule has 0 N–H and O–H groups in total. The van der Waals surface area contributed by atoms with Gasteiger partial charge in [0.1, 0.15) is 6.69 Å². The van der Waals surface area contributed by atoms with Crippen LogP contribution in [0.2, 0.25) is 18.6 Å². The number of halogens is 1. The van der Waals surface area contributed by atoms with Gasteiger partial charge in [-0.25, -0.2) is 0 Å². The predicted molar refractivity (Wildman–Crippen MR) is 34.8 cm³/mol. The first-order valence-corrected chi connectivity index (χ1v) is 7.57. The lowest BCUT2D eigenvalue weighted by Gasteiger charge is -2.28. The molecule has 0 aliphatic carbocycles. The van der Waals surface area contributed by atoms with E-state index < -0.39 is 6.69 Å². The molecular weight excluding hydrogens is 156 g/mol. The highest BCUT2D eigenvalue weighted by Gasteiger charge is 2.30. The maximum atomic E-state index is 3.70. The third-order valence-corrected chi connectivity index (χ3v) is 6.57. The lowest BCUT2D eigenvalue weighted by molar-refractivity contribution is 0.935. The Morgan fingerprint density at radius 3 is 1.83 bits per heavy atom. The molecule has 0 nitrogen and oxygen atoms in total. The van der Waals surface area contributed by atoms with Crippen molar-refractivity contribution in [2.24, 2.45) is 0 Å². The third kappa shape index (κ3) is 0.849. The highest BCUT2D eigenvalue weighted by Crippen LogP contribution is 2.36. The minimum Gasteiger partial charge on any atom is -0.126 e. The Bertz CT molecular complexity index is 54.6. The maximum absolute atomic E-state index is 3.70. The molecule has 36 valence electrons. The van der Waals surface area contributed by atoms with Gasteiger partial charge >= 0.3 is 0 Å². The molecule has 0 atom stereocenters. The molecule has 0 bridgehead atoms. The first-order chi connectivity index (χ1) is 2.71. The van der Waals surface area contributed by atoms with Crippen molar-refractivity contribution >= 4 is 22.0 Å². The Kier molecular flexibility index (Phi) is 1.08. The molecule has 1 heterocycles. The Hall–Kier alpha value is 0.697. The van der Waals surface area contributed by atoms with Gasteiger partial charge in [0.25, 0.3) is 0 Å². The molecular formula is C4H9BrSi. The van der Waals surface area contributed by atoms with Crippen molar-refractivity contribution in [2.45, 2.75) is 25.1 Å². The van der Waals surface area contributed by atoms with Crippen LogP contribution in [0.4, 0.5) is 0 Å². The van der Waals surface area contributed by atoms with Gasteiger partial charge in [0.05, 0.1) is 0 Å². The van der Waals surface area contributed by atoms with Crippen LogP contribution in [0, 0.1) is 0 Å². The molecule has 0 aromatic carbocycles. The summed E-state index contributed by atoms with van der Waals surface area (Å²) in [5.74, 6) is 0. The topological polar surface area (TPSA) is 0 Å². The molecule has 1 aliphatic heterocycles. The van der Waals surface area contributed by atoms with Crippen molar-refractivity contribution in [3.8, 4) is 0 Å². The lowest BCUT2D eigenvalue weighted by atomic mass is 10.5. The molecule has 0 saturated carbocycles. The smallest absolute Gasteiger partial charge is 0.126 e. The molecule has 6 heavy (non-hydrogen) atoms. The summed E-state index contributed by atoms with van der Waals surface area (Å²) in [6.45, 7) is 1.75. The Labute approximate surface area is 47.5 Å². The van der Waals surface area contributed by atoms with E-state index >= 15 is 0 Å². The van der Waals surface area contributed by atoms with Gasteiger partial charge in [-0.2, -0.15) is 0 Å². The van der Waals surface area contributed by atoms with Crippen LogP contribution in [-0.2, 0) is 0 Å². The van der Waals surface area contributed by atoms with Crippen LogP contribution in [0.5, 0.6) is 0 Å². The molecule has 1 aliphatic rings. The monoisotopic (exact) mass is 164 g/mol. The van der Waals surface area contributed by atoms with Crippen molar-refractivity contribution in [2.75, 3.05) is 0 Å². The number of hydrogen-bond acceptors (Lipinski definition) is 0. The normalized spacial score (nSPS) is 29.0. The van der Waals surface area contributed by atoms with E-state index in [1.165, 1.54) is 18.5 Å². The zero-order valence-electron chi connectivity index (χ0n) is 4.00. The van der Waals surface area contributed by atoms with Gasteiger partial charge in [-0.15, -0.1) is 15.3 Å². The molecule has 0 amide bonds. The Morgan fingerprint density at radius 2 is 1.83 bits per heavy atom. The van der Waals surface area contributed by atoms with Crippen molar-refractivity contribution in [3.63, 3.8) is 0 Å². The van der Waals surface area contributed by atoms with Gasteiger partial charge in [0.2, 0.25) is 0 Å². The van der Waals surface area contributed by atoms with Crippen LogP contribution in [0.3, 0.4) is 0 Å². The summed E-state index contributed by atoms with van der Waals surface area (Å²) >= 11 is 3.70. The number of rotatable bonds is 0. The third-order valence-electron chi connectivity index (χ3n) is 1.40. The average molecular weight is 165 g/mol. The van der Waals surface area contributed by atoms with Crippen LogP contribution < -0.4 is 0 Å². The van der Waals surface area contributed by atoms with E-state index in [1.54, 1.807) is 0 Å². The van der Waals surface area contributed by atoms with Gasteiger partial charge in [-0.3, -0.25) is 0 Å². The van der Waals surface area contributed by atoms with Crippen LogP contribution >= 0.6 is 15.3 Å². The second-order valence-electron chi connectivity index (χ2n) is 2.27. The van der Waals surface area contributed by atoms with Gasteiger partial charge in [-0.05, 0) is 12.1 Å². The average Bonchev–Trinajstić information content (AvgIpc) is 1.32. The van der Waals surface area contributed by atoms with Gasteiger partial charge in [0, 0.05) is 0 Å². The molecule has 0 radical (unpaired) electrons. The summed E-state index contributed by atoms with van der Waals surface area (Å²) in [4.78, 5) is 0. The highest BCUT2D eigenvalue weighted by atomic mass is 79.9. The summed E-state index contributed by atoms with van der Waals surface area (Å²) in [5.41, 5.74) is 0. The second-order valence-corrected chi connectivity index (χ2v) is 11.8. The minimum absolute atomic E-state index is 0.638. The van der Waals surface area contributed by atoms with E-state index in [-0.39, 0.29) is 0 Å². The summed E-state index contributed by atoms with van der Waals surface area (Å²) in [6, 6.07) is 3.01. The summed E-state index contributed by atoms with van der Waals surface area (Å²) < 4.78 is 0. The maximum Gasteiger partial charge on any atom is 0.127 e. The van der Waals surface area contributed by atoms with E-state index in [2.05, 4.69) is 21.8 Å². The molecule has 1 fully saturated rings. The van der Waals surface area contributed by atoms with Crippen molar-refractivity contribution < 1.29 is 0 Å². The molecule has 0 unspecified atom stereocenters. The summed E-state index contributed by atoms with van der Waals surface area (Å²) in [5, 5.41) is 0.